The Balaban J connectivity index is 0.000000540. The molecule has 0 atom stereocenters. The van der Waals surface area contributed by atoms with Gasteiger partial charge in [-0.1, -0.05) is 23.2 Å². The Morgan fingerprint density at radius 2 is 1.78 bits per heavy atom. The molecule has 2 aliphatic heterocycles. The van der Waals surface area contributed by atoms with Crippen molar-refractivity contribution in [1.29, 1.82) is 0 Å². The molecule has 1 aromatic rings. The number of halogens is 2. The molecule has 3 heterocycles. The number of amides is 1. The van der Waals surface area contributed by atoms with Gasteiger partial charge in [0.25, 0.3) is 18.9 Å². The Bertz CT molecular complexity index is 660. The minimum absolute atomic E-state index is 0.0437. The van der Waals surface area contributed by atoms with Gasteiger partial charge >= 0.3 is 0 Å². The first kappa shape index (κ1) is 23.1. The van der Waals surface area contributed by atoms with Crippen LogP contribution >= 0.6 is 23.2 Å². The molecular formula is C17H23Cl2N3O5. The molecule has 0 unspecified atom stereocenters. The lowest BCUT2D eigenvalue weighted by molar-refractivity contribution is -0.123. The van der Waals surface area contributed by atoms with Crippen LogP contribution in [0.5, 0.6) is 0 Å². The van der Waals surface area contributed by atoms with E-state index in [-0.39, 0.29) is 24.3 Å². The lowest BCUT2D eigenvalue weighted by Gasteiger charge is -2.48. The highest BCUT2D eigenvalue weighted by Crippen LogP contribution is 2.41. The number of carbonyl (C=O) groups excluding carboxylic acids is 1. The maximum Gasteiger partial charge on any atom is 0.290 e. The van der Waals surface area contributed by atoms with E-state index in [2.05, 4.69) is 23.7 Å². The van der Waals surface area contributed by atoms with E-state index in [0.717, 1.165) is 26.2 Å². The summed E-state index contributed by atoms with van der Waals surface area (Å²) in [6.45, 7) is 7.78. The molecule has 2 N–H and O–H groups in total. The minimum Gasteiger partial charge on any atom is -0.483 e. The molecule has 27 heavy (non-hydrogen) atoms. The van der Waals surface area contributed by atoms with E-state index >= 15 is 0 Å². The first-order valence-electron chi connectivity index (χ1n) is 8.23. The molecular weight excluding hydrogens is 397 g/mol. The Kier molecular flexibility index (Phi) is 8.95. The van der Waals surface area contributed by atoms with E-state index in [4.69, 9.17) is 43.0 Å². The lowest BCUT2D eigenvalue weighted by Crippen LogP contribution is -2.59. The Morgan fingerprint density at radius 1 is 1.22 bits per heavy atom. The zero-order chi connectivity index (χ0) is 20.6. The monoisotopic (exact) mass is 419 g/mol. The molecule has 1 spiro atoms. The largest absolute Gasteiger partial charge is 0.483 e. The normalized spacial score (nSPS) is 17.3. The van der Waals surface area contributed by atoms with Crippen LogP contribution in [0.4, 0.5) is 0 Å². The van der Waals surface area contributed by atoms with Crippen LogP contribution in [-0.2, 0) is 9.59 Å². The fourth-order valence-electron chi connectivity index (χ4n) is 3.31. The van der Waals surface area contributed by atoms with Gasteiger partial charge in [-0.25, -0.2) is 4.98 Å². The molecule has 2 saturated heterocycles. The van der Waals surface area contributed by atoms with Crippen LogP contribution in [0.15, 0.2) is 12.3 Å². The van der Waals surface area contributed by atoms with Crippen LogP contribution in [-0.4, -0.2) is 76.1 Å². The van der Waals surface area contributed by atoms with Crippen molar-refractivity contribution in [1.82, 2.24) is 14.8 Å². The predicted octanol–water partition coefficient (Wildman–Crippen LogP) is 2.35. The third kappa shape index (κ3) is 6.05. The van der Waals surface area contributed by atoms with Crippen molar-refractivity contribution in [2.24, 2.45) is 5.41 Å². The van der Waals surface area contributed by atoms with Gasteiger partial charge in [0.15, 0.2) is 0 Å². The number of aromatic nitrogens is 1. The van der Waals surface area contributed by atoms with E-state index < -0.39 is 0 Å². The third-order valence-corrected chi connectivity index (χ3v) is 5.11. The Morgan fingerprint density at radius 3 is 2.22 bits per heavy atom. The average Bonchev–Trinajstić information content (AvgIpc) is 3.00. The highest BCUT2D eigenvalue weighted by molar-refractivity contribution is 6.36. The molecule has 8 nitrogen and oxygen atoms in total. The zero-order valence-electron chi connectivity index (χ0n) is 15.1. The van der Waals surface area contributed by atoms with Crippen molar-refractivity contribution in [3.63, 3.8) is 0 Å². The number of rotatable bonds is 2. The lowest BCUT2D eigenvalue weighted by atomic mass is 9.78. The molecule has 0 aromatic carbocycles. The van der Waals surface area contributed by atoms with Gasteiger partial charge in [-0.15, -0.1) is 0 Å². The average molecular weight is 420 g/mol. The van der Waals surface area contributed by atoms with Gasteiger partial charge in [-0.3, -0.25) is 14.4 Å². The molecule has 1 aromatic heterocycles. The van der Waals surface area contributed by atoms with Gasteiger partial charge in [-0.2, -0.15) is 0 Å². The Labute approximate surface area is 167 Å². The van der Waals surface area contributed by atoms with Gasteiger partial charge < -0.3 is 20.0 Å². The van der Waals surface area contributed by atoms with Crippen molar-refractivity contribution in [2.75, 3.05) is 26.2 Å². The first-order valence-corrected chi connectivity index (χ1v) is 8.99. The highest BCUT2D eigenvalue weighted by Gasteiger charge is 2.49. The number of hydrogen-bond donors (Lipinski definition) is 2. The molecule has 1 amide bonds. The second-order valence-corrected chi connectivity index (χ2v) is 7.47. The minimum atomic E-state index is -0.250. The van der Waals surface area contributed by atoms with Crippen molar-refractivity contribution in [3.8, 4) is 0 Å². The van der Waals surface area contributed by atoms with Crippen molar-refractivity contribution in [3.05, 3.63) is 28.0 Å². The number of nitrogens with zero attached hydrogens (tertiary/aromatic N) is 3. The van der Waals surface area contributed by atoms with E-state index in [1.165, 1.54) is 18.7 Å². The van der Waals surface area contributed by atoms with Gasteiger partial charge in [-0.05, 0) is 32.9 Å². The summed E-state index contributed by atoms with van der Waals surface area (Å²) in [6.07, 6.45) is 2.63. The zero-order valence-corrected chi connectivity index (χ0v) is 16.7. The summed E-state index contributed by atoms with van der Waals surface area (Å²) in [5.41, 5.74) is 0.723. The summed E-state index contributed by atoms with van der Waals surface area (Å²) in [4.78, 5) is 37.5. The number of pyridine rings is 1. The fourth-order valence-corrected chi connectivity index (χ4v) is 3.76. The molecule has 0 bridgehead atoms. The van der Waals surface area contributed by atoms with Crippen LogP contribution in [0.2, 0.25) is 10.2 Å². The maximum atomic E-state index is 12.5. The molecule has 0 aliphatic carbocycles. The number of carboxylic acid groups (broad SMARTS) is 2. The Hall–Kier alpha value is -1.90. The van der Waals surface area contributed by atoms with Crippen LogP contribution in [0, 0.1) is 5.41 Å². The molecule has 0 radical (unpaired) electrons. The van der Waals surface area contributed by atoms with Gasteiger partial charge in [0, 0.05) is 37.3 Å². The molecule has 10 heteroatoms. The SMILES string of the molecule is CC(C)N1CCC2(CN(C(=O)c3cnc(Cl)cc3Cl)C2)C1.O=CO.O=CO. The van der Waals surface area contributed by atoms with Crippen molar-refractivity contribution in [2.45, 2.75) is 26.3 Å². The smallest absolute Gasteiger partial charge is 0.290 e. The third-order valence-electron chi connectivity index (χ3n) is 4.59. The van der Waals surface area contributed by atoms with Crippen LogP contribution in [0.3, 0.4) is 0 Å². The summed E-state index contributed by atoms with van der Waals surface area (Å²) in [5, 5.41) is 14.5. The molecule has 3 rings (SSSR count). The quantitative estimate of drug-likeness (QED) is 0.558. The molecule has 150 valence electrons. The topological polar surface area (TPSA) is 111 Å². The second-order valence-electron chi connectivity index (χ2n) is 6.67. The summed E-state index contributed by atoms with van der Waals surface area (Å²) >= 11 is 11.9. The van der Waals surface area contributed by atoms with Gasteiger partial charge in [0.05, 0.1) is 10.6 Å². The van der Waals surface area contributed by atoms with E-state index in [9.17, 15) is 4.79 Å². The first-order chi connectivity index (χ1) is 12.7. The van der Waals surface area contributed by atoms with Crippen molar-refractivity contribution >= 4 is 42.1 Å². The summed E-state index contributed by atoms with van der Waals surface area (Å²) in [7, 11) is 0. The van der Waals surface area contributed by atoms with Crippen LogP contribution in [0.1, 0.15) is 30.6 Å². The van der Waals surface area contributed by atoms with Gasteiger partial charge in [0.1, 0.15) is 5.15 Å². The number of hydrogen-bond acceptors (Lipinski definition) is 5. The summed E-state index contributed by atoms with van der Waals surface area (Å²) in [6, 6.07) is 2.09. The van der Waals surface area contributed by atoms with E-state index in [0.29, 0.717) is 21.8 Å². The predicted molar refractivity (Wildman–Crippen MR) is 101 cm³/mol. The standard InChI is InChI=1S/C15H19Cl2N3O.2CH2O2/c1-10(2)19-4-3-15(7-19)8-20(9-15)14(21)11-6-18-13(17)5-12(11)16;2*2-1-3/h5-6,10H,3-4,7-9H2,1-2H3;2*1H,(H,2,3). The molecule has 2 fully saturated rings. The van der Waals surface area contributed by atoms with Crippen LogP contribution in [0.25, 0.3) is 0 Å². The van der Waals surface area contributed by atoms with Gasteiger partial charge in [0.2, 0.25) is 0 Å². The number of carbonyl (C=O) groups is 3. The van der Waals surface area contributed by atoms with E-state index in [1.807, 2.05) is 4.90 Å². The molecule has 0 saturated carbocycles. The maximum absolute atomic E-state index is 12.5. The molecule has 2 aliphatic rings. The summed E-state index contributed by atoms with van der Waals surface area (Å²) in [5.74, 6) is -0.0437. The number of likely N-dealkylation sites (tertiary alicyclic amines) is 2. The highest BCUT2D eigenvalue weighted by atomic mass is 35.5. The van der Waals surface area contributed by atoms with E-state index in [1.54, 1.807) is 0 Å². The second kappa shape index (κ2) is 10.4. The van der Waals surface area contributed by atoms with Crippen LogP contribution < -0.4 is 0 Å². The van der Waals surface area contributed by atoms with Crippen molar-refractivity contribution < 1.29 is 24.6 Å². The fraction of sp³-hybridized carbons (Fsp3) is 0.529. The summed E-state index contributed by atoms with van der Waals surface area (Å²) < 4.78 is 0.